The summed E-state index contributed by atoms with van der Waals surface area (Å²) >= 11 is 0. The van der Waals surface area contributed by atoms with Crippen molar-refractivity contribution in [3.63, 3.8) is 0 Å². The van der Waals surface area contributed by atoms with Crippen LogP contribution < -0.4 is 0 Å². The standard InChI is InChI=1S/C24H34O7/c1-13(25)30-16-10-15-20(27)29-12-24(15,28)23(6)18(31-14(2)26)11-17-21(3,4)8-7-9-22(17,5)19(16)23/h10,16-19,28H,7-9,11-12H2,1-6H3/t16?,17?,18-,19?,22-,23+,24-/m0/s1. The predicted octanol–water partition coefficient (Wildman–Crippen LogP) is 2.94. The average Bonchev–Trinajstić information content (AvgIpc) is 2.92. The normalized spacial score (nSPS) is 45.4. The van der Waals surface area contributed by atoms with Crippen molar-refractivity contribution >= 4 is 17.9 Å². The van der Waals surface area contributed by atoms with Crippen LogP contribution >= 0.6 is 0 Å². The highest BCUT2D eigenvalue weighted by atomic mass is 16.6. The van der Waals surface area contributed by atoms with Gasteiger partial charge in [0.25, 0.3) is 0 Å². The second-order valence-electron chi connectivity index (χ2n) is 11.1. The number of carbonyl (C=O) groups is 3. The Morgan fingerprint density at radius 2 is 1.74 bits per heavy atom. The molecule has 0 amide bonds. The minimum atomic E-state index is -1.62. The predicted molar refractivity (Wildman–Crippen MR) is 111 cm³/mol. The molecule has 0 aromatic carbocycles. The van der Waals surface area contributed by atoms with Gasteiger partial charge < -0.3 is 19.3 Å². The summed E-state index contributed by atoms with van der Waals surface area (Å²) in [6, 6.07) is 0. The van der Waals surface area contributed by atoms with Crippen LogP contribution in [0.3, 0.4) is 0 Å². The van der Waals surface area contributed by atoms with Gasteiger partial charge >= 0.3 is 17.9 Å². The monoisotopic (exact) mass is 434 g/mol. The fraction of sp³-hybridized carbons (Fsp3) is 0.792. The van der Waals surface area contributed by atoms with Gasteiger partial charge in [-0.05, 0) is 42.1 Å². The zero-order chi connectivity index (χ0) is 23.0. The molecular formula is C24H34O7. The largest absolute Gasteiger partial charge is 0.462 e. The van der Waals surface area contributed by atoms with Crippen molar-refractivity contribution in [2.24, 2.45) is 28.1 Å². The molecular weight excluding hydrogens is 400 g/mol. The van der Waals surface area contributed by atoms with E-state index in [1.54, 1.807) is 6.08 Å². The van der Waals surface area contributed by atoms with Gasteiger partial charge in [-0.2, -0.15) is 0 Å². The third-order valence-electron chi connectivity index (χ3n) is 8.99. The zero-order valence-corrected chi connectivity index (χ0v) is 19.3. The summed E-state index contributed by atoms with van der Waals surface area (Å²) in [5, 5.41) is 12.0. The Kier molecular flexibility index (Phi) is 4.90. The van der Waals surface area contributed by atoms with E-state index in [-0.39, 0.29) is 34.8 Å². The lowest BCUT2D eigenvalue weighted by Gasteiger charge is -2.68. The number of hydrogen-bond acceptors (Lipinski definition) is 7. The molecule has 1 N–H and O–H groups in total. The van der Waals surface area contributed by atoms with Crippen LogP contribution in [0.15, 0.2) is 11.6 Å². The lowest BCUT2D eigenvalue weighted by Crippen LogP contribution is -2.72. The van der Waals surface area contributed by atoms with Crippen molar-refractivity contribution < 1.29 is 33.7 Å². The van der Waals surface area contributed by atoms with E-state index in [0.717, 1.165) is 19.3 Å². The maximum atomic E-state index is 12.6. The molecule has 4 aliphatic rings. The summed E-state index contributed by atoms with van der Waals surface area (Å²) < 4.78 is 17.0. The summed E-state index contributed by atoms with van der Waals surface area (Å²) in [4.78, 5) is 36.8. The van der Waals surface area contributed by atoms with Gasteiger partial charge in [0.2, 0.25) is 0 Å². The van der Waals surface area contributed by atoms with Crippen LogP contribution in [0.25, 0.3) is 0 Å². The van der Waals surface area contributed by atoms with Gasteiger partial charge in [-0.25, -0.2) is 4.79 Å². The van der Waals surface area contributed by atoms with Crippen molar-refractivity contribution in [1.82, 2.24) is 0 Å². The van der Waals surface area contributed by atoms with Gasteiger partial charge in [0.1, 0.15) is 24.4 Å². The van der Waals surface area contributed by atoms with Crippen molar-refractivity contribution in [3.05, 3.63) is 11.6 Å². The molecule has 1 aliphatic heterocycles. The fourth-order valence-electron chi connectivity index (χ4n) is 7.78. The highest BCUT2D eigenvalue weighted by molar-refractivity contribution is 5.94. The number of fused-ring (bicyclic) bond motifs is 5. The van der Waals surface area contributed by atoms with Gasteiger partial charge in [0.05, 0.1) is 5.57 Å². The number of carbonyl (C=O) groups excluding carboxylic acids is 3. The highest BCUT2D eigenvalue weighted by Gasteiger charge is 2.75. The van der Waals surface area contributed by atoms with E-state index in [9.17, 15) is 19.5 Å². The van der Waals surface area contributed by atoms with E-state index in [4.69, 9.17) is 14.2 Å². The van der Waals surface area contributed by atoms with E-state index in [2.05, 4.69) is 20.8 Å². The summed E-state index contributed by atoms with van der Waals surface area (Å²) in [5.74, 6) is -1.67. The molecule has 0 aromatic heterocycles. The van der Waals surface area contributed by atoms with Crippen LogP contribution in [0.5, 0.6) is 0 Å². The number of cyclic esters (lactones) is 1. The molecule has 0 bridgehead atoms. The van der Waals surface area contributed by atoms with E-state index in [1.165, 1.54) is 13.8 Å². The van der Waals surface area contributed by atoms with E-state index in [0.29, 0.717) is 6.42 Å². The molecule has 1 heterocycles. The number of hydrogen-bond donors (Lipinski definition) is 1. The van der Waals surface area contributed by atoms with Crippen molar-refractivity contribution in [1.29, 1.82) is 0 Å². The first-order valence-corrected chi connectivity index (χ1v) is 11.2. The Labute approximate surface area is 183 Å². The Bertz CT molecular complexity index is 860. The molecule has 0 radical (unpaired) electrons. The molecule has 7 heteroatoms. The summed E-state index contributed by atoms with van der Waals surface area (Å²) in [6.07, 6.45) is 3.77. The van der Waals surface area contributed by atoms with Crippen LogP contribution in [-0.4, -0.2) is 47.4 Å². The molecule has 4 rings (SSSR count). The van der Waals surface area contributed by atoms with Crippen LogP contribution in [0.4, 0.5) is 0 Å². The van der Waals surface area contributed by atoms with E-state index in [1.807, 2.05) is 6.92 Å². The number of aliphatic hydroxyl groups is 1. The second-order valence-corrected chi connectivity index (χ2v) is 11.1. The molecule has 7 atom stereocenters. The molecule has 172 valence electrons. The summed E-state index contributed by atoms with van der Waals surface area (Å²) in [5.41, 5.74) is -2.89. The molecule has 3 fully saturated rings. The molecule has 1 saturated heterocycles. The van der Waals surface area contributed by atoms with Crippen molar-refractivity contribution in [2.75, 3.05) is 6.61 Å². The summed E-state index contributed by atoms with van der Waals surface area (Å²) in [6.45, 7) is 11.1. The highest BCUT2D eigenvalue weighted by Crippen LogP contribution is 2.70. The number of rotatable bonds is 2. The van der Waals surface area contributed by atoms with Crippen LogP contribution in [-0.2, 0) is 28.6 Å². The smallest absolute Gasteiger partial charge is 0.337 e. The molecule has 3 aliphatic carbocycles. The first kappa shape index (κ1) is 22.3. The maximum Gasteiger partial charge on any atom is 0.337 e. The topological polar surface area (TPSA) is 99.1 Å². The minimum absolute atomic E-state index is 0.0118. The zero-order valence-electron chi connectivity index (χ0n) is 19.3. The molecule has 2 saturated carbocycles. The third kappa shape index (κ3) is 2.91. The van der Waals surface area contributed by atoms with E-state index >= 15 is 0 Å². The SMILES string of the molecule is CC(=O)OC1C=C2C(=O)OC[C@@]2(O)[C@@]2(C)C1[C@@]1(C)CCCC(C)(C)C1C[C@@H]2OC(C)=O. The van der Waals surface area contributed by atoms with Crippen molar-refractivity contribution in [2.45, 2.75) is 85.0 Å². The van der Waals surface area contributed by atoms with Gasteiger partial charge in [-0.3, -0.25) is 9.59 Å². The molecule has 7 nitrogen and oxygen atoms in total. The molecule has 31 heavy (non-hydrogen) atoms. The average molecular weight is 435 g/mol. The molecule has 3 unspecified atom stereocenters. The van der Waals surface area contributed by atoms with E-state index < -0.39 is 41.1 Å². The third-order valence-corrected chi connectivity index (χ3v) is 8.99. The number of esters is 3. The molecule has 0 aromatic rings. The maximum absolute atomic E-state index is 12.6. The van der Waals surface area contributed by atoms with Gasteiger partial charge in [-0.1, -0.05) is 34.1 Å². The molecule has 0 spiro atoms. The lowest BCUT2D eigenvalue weighted by molar-refractivity contribution is -0.268. The Morgan fingerprint density at radius 1 is 1.10 bits per heavy atom. The first-order chi connectivity index (χ1) is 14.3. The Balaban J connectivity index is 1.97. The first-order valence-electron chi connectivity index (χ1n) is 11.2. The Morgan fingerprint density at radius 3 is 2.35 bits per heavy atom. The van der Waals surface area contributed by atoms with Crippen LogP contribution in [0, 0.1) is 28.1 Å². The van der Waals surface area contributed by atoms with Crippen LogP contribution in [0.1, 0.15) is 67.2 Å². The summed E-state index contributed by atoms with van der Waals surface area (Å²) in [7, 11) is 0. The second kappa shape index (κ2) is 6.80. The van der Waals surface area contributed by atoms with Gasteiger partial charge in [0, 0.05) is 25.2 Å². The van der Waals surface area contributed by atoms with Gasteiger partial charge in [0.15, 0.2) is 0 Å². The van der Waals surface area contributed by atoms with Crippen LogP contribution in [0.2, 0.25) is 0 Å². The quantitative estimate of drug-likeness (QED) is 0.527. The lowest BCUT2D eigenvalue weighted by atomic mass is 9.38. The fourth-order valence-corrected chi connectivity index (χ4v) is 7.78. The Hall–Kier alpha value is -1.89. The minimum Gasteiger partial charge on any atom is -0.462 e. The van der Waals surface area contributed by atoms with Crippen molar-refractivity contribution in [3.8, 4) is 0 Å². The van der Waals surface area contributed by atoms with Gasteiger partial charge in [-0.15, -0.1) is 0 Å². The number of ether oxygens (including phenoxy) is 3.